The van der Waals surface area contributed by atoms with Crippen molar-refractivity contribution in [3.05, 3.63) is 48.3 Å². The van der Waals surface area contributed by atoms with Gasteiger partial charge < -0.3 is 10.1 Å². The number of fused-ring (bicyclic) bond motifs is 1. The first-order valence-corrected chi connectivity index (χ1v) is 6.60. The Bertz CT molecular complexity index is 782. The Balaban J connectivity index is 1.85. The number of nitrogens with one attached hydrogen (secondary N) is 2. The highest BCUT2D eigenvalue weighted by Crippen LogP contribution is 2.20. The number of aromatic amines is 1. The second-order valence-corrected chi connectivity index (χ2v) is 4.42. The van der Waals surface area contributed by atoms with E-state index >= 15 is 0 Å². The van der Waals surface area contributed by atoms with Crippen molar-refractivity contribution in [2.45, 2.75) is 6.92 Å². The van der Waals surface area contributed by atoms with Crippen LogP contribution in [0.1, 0.15) is 17.3 Å². The van der Waals surface area contributed by atoms with Crippen molar-refractivity contribution in [2.75, 3.05) is 11.9 Å². The highest BCUT2D eigenvalue weighted by atomic mass is 16.5. The molecule has 0 bridgehead atoms. The zero-order valence-electron chi connectivity index (χ0n) is 11.5. The molecule has 2 heterocycles. The molecule has 106 valence electrons. The molecule has 3 aromatic rings. The second kappa shape index (κ2) is 5.62. The van der Waals surface area contributed by atoms with E-state index in [9.17, 15) is 4.79 Å². The minimum Gasteiger partial charge on any atom is -0.477 e. The minimum absolute atomic E-state index is 0.255. The van der Waals surface area contributed by atoms with Crippen LogP contribution in [0, 0.1) is 0 Å². The Hall–Kier alpha value is -2.89. The third kappa shape index (κ3) is 2.69. The van der Waals surface area contributed by atoms with Crippen LogP contribution in [0.2, 0.25) is 0 Å². The van der Waals surface area contributed by atoms with Crippen molar-refractivity contribution in [1.82, 2.24) is 15.2 Å². The van der Waals surface area contributed by atoms with Crippen LogP contribution in [0.15, 0.2) is 42.7 Å². The van der Waals surface area contributed by atoms with Gasteiger partial charge in [0.1, 0.15) is 5.56 Å². The summed E-state index contributed by atoms with van der Waals surface area (Å²) in [6.45, 7) is 2.31. The largest absolute Gasteiger partial charge is 0.477 e. The topological polar surface area (TPSA) is 79.9 Å². The third-order valence-electron chi connectivity index (χ3n) is 2.99. The monoisotopic (exact) mass is 282 g/mol. The van der Waals surface area contributed by atoms with E-state index in [1.54, 1.807) is 24.5 Å². The van der Waals surface area contributed by atoms with E-state index in [1.807, 2.05) is 25.1 Å². The van der Waals surface area contributed by atoms with E-state index in [-0.39, 0.29) is 5.91 Å². The fourth-order valence-corrected chi connectivity index (χ4v) is 2.03. The fraction of sp³-hybridized carbons (Fsp3) is 0.133. The van der Waals surface area contributed by atoms with E-state index in [2.05, 4.69) is 20.5 Å². The van der Waals surface area contributed by atoms with Gasteiger partial charge in [0.05, 0.1) is 18.3 Å². The quantitative estimate of drug-likeness (QED) is 0.770. The molecule has 0 saturated heterocycles. The molecule has 2 N–H and O–H groups in total. The van der Waals surface area contributed by atoms with Gasteiger partial charge in [0.2, 0.25) is 5.88 Å². The highest BCUT2D eigenvalue weighted by molar-refractivity contribution is 6.06. The lowest BCUT2D eigenvalue weighted by Crippen LogP contribution is -2.14. The maximum absolute atomic E-state index is 12.3. The van der Waals surface area contributed by atoms with Gasteiger partial charge in [-0.3, -0.25) is 9.89 Å². The smallest absolute Gasteiger partial charge is 0.261 e. The predicted molar refractivity (Wildman–Crippen MR) is 79.5 cm³/mol. The molecule has 21 heavy (non-hydrogen) atoms. The standard InChI is InChI=1S/C15H14N4O2/c1-2-21-15-12(4-3-7-16-15)14(20)18-11-5-6-13-10(8-11)9-17-19-13/h3-9H,2H2,1H3,(H,17,19)(H,18,20). The summed E-state index contributed by atoms with van der Waals surface area (Å²) in [5.41, 5.74) is 2.02. The van der Waals surface area contributed by atoms with E-state index in [4.69, 9.17) is 4.74 Å². The lowest BCUT2D eigenvalue weighted by atomic mass is 10.2. The van der Waals surface area contributed by atoms with Crippen molar-refractivity contribution in [3.63, 3.8) is 0 Å². The number of ether oxygens (including phenoxy) is 1. The Kier molecular flexibility index (Phi) is 3.51. The van der Waals surface area contributed by atoms with Crippen LogP contribution in [-0.2, 0) is 0 Å². The number of benzene rings is 1. The Morgan fingerprint density at radius 2 is 2.29 bits per heavy atom. The van der Waals surface area contributed by atoms with Gasteiger partial charge in [-0.05, 0) is 37.3 Å². The van der Waals surface area contributed by atoms with E-state index in [0.29, 0.717) is 23.7 Å². The molecule has 1 aromatic carbocycles. The number of carbonyl (C=O) groups excluding carboxylic acids is 1. The summed E-state index contributed by atoms with van der Waals surface area (Å²) in [4.78, 5) is 16.4. The number of pyridine rings is 1. The molecule has 0 atom stereocenters. The molecule has 6 heteroatoms. The summed E-state index contributed by atoms with van der Waals surface area (Å²) in [5.74, 6) is 0.0799. The number of rotatable bonds is 4. The first kappa shape index (κ1) is 13.1. The number of H-pyrrole nitrogens is 1. The van der Waals surface area contributed by atoms with Gasteiger partial charge in [-0.1, -0.05) is 0 Å². The van der Waals surface area contributed by atoms with Crippen molar-refractivity contribution in [1.29, 1.82) is 0 Å². The van der Waals surface area contributed by atoms with Gasteiger partial charge in [-0.2, -0.15) is 5.10 Å². The maximum Gasteiger partial charge on any atom is 0.261 e. The number of aromatic nitrogens is 3. The molecular formula is C15H14N4O2. The Morgan fingerprint density at radius 1 is 1.38 bits per heavy atom. The van der Waals surface area contributed by atoms with Gasteiger partial charge >= 0.3 is 0 Å². The number of carbonyl (C=O) groups is 1. The van der Waals surface area contributed by atoms with Crippen molar-refractivity contribution < 1.29 is 9.53 Å². The summed E-state index contributed by atoms with van der Waals surface area (Å²) < 4.78 is 5.37. The Labute approximate surface area is 121 Å². The molecule has 6 nitrogen and oxygen atoms in total. The van der Waals surface area contributed by atoms with Gasteiger partial charge in [0.15, 0.2) is 0 Å². The molecule has 0 aliphatic rings. The van der Waals surface area contributed by atoms with Crippen LogP contribution in [0.3, 0.4) is 0 Å². The number of hydrogen-bond acceptors (Lipinski definition) is 4. The van der Waals surface area contributed by atoms with Gasteiger partial charge in [-0.25, -0.2) is 4.98 Å². The molecular weight excluding hydrogens is 268 g/mol. The summed E-state index contributed by atoms with van der Waals surface area (Å²) >= 11 is 0. The second-order valence-electron chi connectivity index (χ2n) is 4.42. The number of hydrogen-bond donors (Lipinski definition) is 2. The van der Waals surface area contributed by atoms with Crippen molar-refractivity contribution in [3.8, 4) is 5.88 Å². The van der Waals surface area contributed by atoms with E-state index < -0.39 is 0 Å². The molecule has 3 rings (SSSR count). The lowest BCUT2D eigenvalue weighted by Gasteiger charge is -2.09. The zero-order valence-corrected chi connectivity index (χ0v) is 11.5. The summed E-state index contributed by atoms with van der Waals surface area (Å²) in [6, 6.07) is 8.92. The molecule has 0 aliphatic carbocycles. The van der Waals surface area contributed by atoms with Gasteiger partial charge in [0, 0.05) is 17.3 Å². The minimum atomic E-state index is -0.255. The fourth-order valence-electron chi connectivity index (χ4n) is 2.03. The lowest BCUT2D eigenvalue weighted by molar-refractivity contribution is 0.102. The summed E-state index contributed by atoms with van der Waals surface area (Å²) in [6.07, 6.45) is 3.31. The van der Waals surface area contributed by atoms with Crippen LogP contribution < -0.4 is 10.1 Å². The number of amides is 1. The van der Waals surface area contributed by atoms with Crippen LogP contribution >= 0.6 is 0 Å². The summed E-state index contributed by atoms with van der Waals surface area (Å²) in [5, 5.41) is 10.6. The molecule has 0 unspecified atom stereocenters. The predicted octanol–water partition coefficient (Wildman–Crippen LogP) is 2.61. The number of nitrogens with zero attached hydrogens (tertiary/aromatic N) is 2. The van der Waals surface area contributed by atoms with Crippen LogP contribution in [0.4, 0.5) is 5.69 Å². The van der Waals surface area contributed by atoms with E-state index in [0.717, 1.165) is 10.9 Å². The van der Waals surface area contributed by atoms with Crippen LogP contribution in [0.5, 0.6) is 5.88 Å². The molecule has 0 radical (unpaired) electrons. The Morgan fingerprint density at radius 3 is 3.14 bits per heavy atom. The SMILES string of the molecule is CCOc1ncccc1C(=O)Nc1ccc2[nH]ncc2c1. The normalized spacial score (nSPS) is 10.5. The van der Waals surface area contributed by atoms with Crippen molar-refractivity contribution in [2.24, 2.45) is 0 Å². The first-order chi connectivity index (χ1) is 10.3. The first-order valence-electron chi connectivity index (χ1n) is 6.60. The highest BCUT2D eigenvalue weighted by Gasteiger charge is 2.13. The average molecular weight is 282 g/mol. The van der Waals surface area contributed by atoms with Crippen LogP contribution in [0.25, 0.3) is 10.9 Å². The third-order valence-corrected chi connectivity index (χ3v) is 2.99. The van der Waals surface area contributed by atoms with Crippen molar-refractivity contribution >= 4 is 22.5 Å². The maximum atomic E-state index is 12.3. The summed E-state index contributed by atoms with van der Waals surface area (Å²) in [7, 11) is 0. The average Bonchev–Trinajstić information content (AvgIpc) is 2.95. The molecule has 0 saturated carbocycles. The molecule has 0 spiro atoms. The van der Waals surface area contributed by atoms with Gasteiger partial charge in [-0.15, -0.1) is 0 Å². The van der Waals surface area contributed by atoms with Gasteiger partial charge in [0.25, 0.3) is 5.91 Å². The molecule has 2 aromatic heterocycles. The molecule has 0 aliphatic heterocycles. The van der Waals surface area contributed by atoms with E-state index in [1.165, 1.54) is 0 Å². The molecule has 0 fully saturated rings. The van der Waals surface area contributed by atoms with Crippen LogP contribution in [-0.4, -0.2) is 27.7 Å². The zero-order chi connectivity index (χ0) is 14.7. The molecule has 1 amide bonds. The number of anilines is 1.